The lowest BCUT2D eigenvalue weighted by Gasteiger charge is -2.26. The van der Waals surface area contributed by atoms with E-state index in [4.69, 9.17) is 8.83 Å². The molecule has 42 heavy (non-hydrogen) atoms. The maximum atomic E-state index is 14.6. The molecule has 0 unspecified atom stereocenters. The number of fused-ring (bicyclic) bond motifs is 7. The van der Waals surface area contributed by atoms with Crippen molar-refractivity contribution in [1.29, 1.82) is 0 Å². The van der Waals surface area contributed by atoms with Gasteiger partial charge in [-0.05, 0) is 60.2 Å². The summed E-state index contributed by atoms with van der Waals surface area (Å²) < 4.78 is 55.4. The number of halogens is 3. The molecule has 6 aromatic carbocycles. The summed E-state index contributed by atoms with van der Waals surface area (Å²) in [5.74, 6) is -2.87. The second-order valence-electron chi connectivity index (χ2n) is 10.1. The van der Waals surface area contributed by atoms with E-state index in [2.05, 4.69) is 4.90 Å². The molecule has 8 rings (SSSR count). The predicted molar refractivity (Wildman–Crippen MR) is 161 cm³/mol. The van der Waals surface area contributed by atoms with E-state index in [-0.39, 0.29) is 5.56 Å². The zero-order chi connectivity index (χ0) is 28.4. The summed E-state index contributed by atoms with van der Waals surface area (Å²) in [6.45, 7) is 0. The van der Waals surface area contributed by atoms with Crippen LogP contribution < -0.4 is 4.90 Å². The molecule has 0 radical (unpaired) electrons. The van der Waals surface area contributed by atoms with Crippen LogP contribution in [0.15, 0.2) is 130 Å². The van der Waals surface area contributed by atoms with Gasteiger partial charge in [0.15, 0.2) is 0 Å². The number of nitrogens with zero attached hydrogens (tertiary/aromatic N) is 1. The average molecular weight is 556 g/mol. The number of rotatable bonds is 4. The molecule has 8 aromatic rings. The van der Waals surface area contributed by atoms with Gasteiger partial charge in [-0.25, -0.2) is 13.2 Å². The molecule has 0 atom stereocenters. The second kappa shape index (κ2) is 9.28. The minimum Gasteiger partial charge on any atom is -0.456 e. The maximum Gasteiger partial charge on any atom is 0.147 e. The Kier molecular flexibility index (Phi) is 5.37. The largest absolute Gasteiger partial charge is 0.456 e. The Labute approximate surface area is 237 Å². The third-order valence-corrected chi connectivity index (χ3v) is 7.66. The molecule has 2 aromatic heterocycles. The third-order valence-electron chi connectivity index (χ3n) is 7.66. The highest BCUT2D eigenvalue weighted by Gasteiger charge is 2.23. The first-order chi connectivity index (χ1) is 20.6. The first-order valence-electron chi connectivity index (χ1n) is 13.4. The first kappa shape index (κ1) is 24.3. The van der Waals surface area contributed by atoms with Gasteiger partial charge in [-0.1, -0.05) is 54.6 Å². The highest BCUT2D eigenvalue weighted by Crippen LogP contribution is 2.46. The Morgan fingerprint density at radius 2 is 1.17 bits per heavy atom. The van der Waals surface area contributed by atoms with Gasteiger partial charge < -0.3 is 13.7 Å². The number of furan rings is 2. The SMILES string of the molecule is Fc1cc(F)c(-c2ccc(N(c3ccccc3)c3cccc4oc5ccc6c7ccccc7oc6c5c34)cc2)c(F)c1. The summed E-state index contributed by atoms with van der Waals surface area (Å²) in [6, 6.07) is 35.9. The van der Waals surface area contributed by atoms with Gasteiger partial charge in [0.2, 0.25) is 0 Å². The minimum absolute atomic E-state index is 0.274. The van der Waals surface area contributed by atoms with Crippen LogP contribution in [-0.4, -0.2) is 0 Å². The monoisotopic (exact) mass is 555 g/mol. The summed E-state index contributed by atoms with van der Waals surface area (Å²) >= 11 is 0. The van der Waals surface area contributed by atoms with Crippen LogP contribution in [0.5, 0.6) is 0 Å². The van der Waals surface area contributed by atoms with E-state index in [1.807, 2.05) is 84.9 Å². The van der Waals surface area contributed by atoms with Crippen molar-refractivity contribution in [2.75, 3.05) is 4.90 Å². The lowest BCUT2D eigenvalue weighted by atomic mass is 10.0. The van der Waals surface area contributed by atoms with Crippen LogP contribution in [0.4, 0.5) is 30.2 Å². The van der Waals surface area contributed by atoms with Crippen LogP contribution in [0.3, 0.4) is 0 Å². The van der Waals surface area contributed by atoms with E-state index >= 15 is 0 Å². The standard InChI is InChI=1S/C36H20F3NO2/c37-22-19-27(38)33(28(39)20-22)21-13-15-24(16-14-21)40(23-7-2-1-3-8-23)29-10-6-12-31-34(29)35-32(41-31)18-17-26-25-9-4-5-11-30(25)42-36(26)35/h1-20H. The van der Waals surface area contributed by atoms with Crippen LogP contribution in [0.25, 0.3) is 55.0 Å². The molecule has 0 bridgehead atoms. The van der Waals surface area contributed by atoms with E-state index in [1.54, 1.807) is 24.3 Å². The molecular weight excluding hydrogens is 535 g/mol. The van der Waals surface area contributed by atoms with Crippen LogP contribution in [-0.2, 0) is 0 Å². The van der Waals surface area contributed by atoms with Crippen molar-refractivity contribution in [3.05, 3.63) is 139 Å². The molecule has 2 heterocycles. The summed E-state index contributed by atoms with van der Waals surface area (Å²) in [4.78, 5) is 2.07. The van der Waals surface area contributed by atoms with Crippen molar-refractivity contribution in [3.8, 4) is 11.1 Å². The minimum atomic E-state index is -0.959. The highest BCUT2D eigenvalue weighted by molar-refractivity contribution is 6.25. The van der Waals surface area contributed by atoms with Crippen LogP contribution >= 0.6 is 0 Å². The van der Waals surface area contributed by atoms with Crippen molar-refractivity contribution in [2.24, 2.45) is 0 Å². The topological polar surface area (TPSA) is 29.5 Å². The van der Waals surface area contributed by atoms with E-state index in [9.17, 15) is 13.2 Å². The normalized spacial score (nSPS) is 11.7. The molecule has 0 saturated carbocycles. The zero-order valence-electron chi connectivity index (χ0n) is 21.9. The Hall–Kier alpha value is -5.49. The Morgan fingerprint density at radius 1 is 0.500 bits per heavy atom. The Morgan fingerprint density at radius 3 is 1.95 bits per heavy atom. The molecular formula is C36H20F3NO2. The van der Waals surface area contributed by atoms with Crippen molar-refractivity contribution in [1.82, 2.24) is 0 Å². The second-order valence-corrected chi connectivity index (χ2v) is 10.1. The van der Waals surface area contributed by atoms with Gasteiger partial charge in [-0.3, -0.25) is 0 Å². The predicted octanol–water partition coefficient (Wildman–Crippen LogP) is 11.0. The van der Waals surface area contributed by atoms with Gasteiger partial charge in [-0.2, -0.15) is 0 Å². The smallest absolute Gasteiger partial charge is 0.147 e. The summed E-state index contributed by atoms with van der Waals surface area (Å²) in [6.07, 6.45) is 0. The molecule has 0 saturated heterocycles. The molecule has 0 aliphatic rings. The summed E-state index contributed by atoms with van der Waals surface area (Å²) in [5, 5.41) is 3.76. The van der Waals surface area contributed by atoms with Gasteiger partial charge in [0.1, 0.15) is 39.8 Å². The van der Waals surface area contributed by atoms with Gasteiger partial charge >= 0.3 is 0 Å². The fourth-order valence-corrected chi connectivity index (χ4v) is 5.85. The number of para-hydroxylation sites is 2. The number of benzene rings is 6. The molecule has 0 aliphatic heterocycles. The van der Waals surface area contributed by atoms with Crippen LogP contribution in [0.1, 0.15) is 0 Å². The third kappa shape index (κ3) is 3.69. The lowest BCUT2D eigenvalue weighted by molar-refractivity contribution is 0.548. The molecule has 0 N–H and O–H groups in total. The number of hydrogen-bond acceptors (Lipinski definition) is 3. The summed E-state index contributed by atoms with van der Waals surface area (Å²) in [7, 11) is 0. The fraction of sp³-hybridized carbons (Fsp3) is 0. The van der Waals surface area contributed by atoms with E-state index in [0.717, 1.165) is 49.8 Å². The van der Waals surface area contributed by atoms with E-state index in [1.165, 1.54) is 0 Å². The highest BCUT2D eigenvalue weighted by atomic mass is 19.1. The Bertz CT molecular complexity index is 2260. The molecule has 0 spiro atoms. The maximum absolute atomic E-state index is 14.6. The molecule has 0 fully saturated rings. The van der Waals surface area contributed by atoms with Crippen molar-refractivity contribution in [3.63, 3.8) is 0 Å². The number of hydrogen-bond donors (Lipinski definition) is 0. The van der Waals surface area contributed by atoms with E-state index < -0.39 is 17.5 Å². The zero-order valence-corrected chi connectivity index (χ0v) is 21.9. The summed E-state index contributed by atoms with van der Waals surface area (Å²) in [5.41, 5.74) is 5.44. The van der Waals surface area contributed by atoms with Crippen molar-refractivity contribution >= 4 is 60.9 Å². The lowest BCUT2D eigenvalue weighted by Crippen LogP contribution is -2.10. The first-order valence-corrected chi connectivity index (χ1v) is 13.4. The van der Waals surface area contributed by atoms with Crippen LogP contribution in [0, 0.1) is 17.5 Å². The van der Waals surface area contributed by atoms with Gasteiger partial charge in [0, 0.05) is 34.3 Å². The van der Waals surface area contributed by atoms with Crippen LogP contribution in [0.2, 0.25) is 0 Å². The quantitative estimate of drug-likeness (QED) is 0.216. The molecule has 6 heteroatoms. The van der Waals surface area contributed by atoms with Crippen molar-refractivity contribution < 1.29 is 22.0 Å². The van der Waals surface area contributed by atoms with Gasteiger partial charge in [0.05, 0.1) is 22.0 Å². The fourth-order valence-electron chi connectivity index (χ4n) is 5.85. The van der Waals surface area contributed by atoms with Gasteiger partial charge in [-0.15, -0.1) is 0 Å². The van der Waals surface area contributed by atoms with Gasteiger partial charge in [0.25, 0.3) is 0 Å². The molecule has 0 amide bonds. The average Bonchev–Trinajstić information content (AvgIpc) is 3.57. The Balaban J connectivity index is 1.38. The molecule has 202 valence electrons. The van der Waals surface area contributed by atoms with E-state index in [0.29, 0.717) is 28.9 Å². The number of anilines is 3. The molecule has 0 aliphatic carbocycles. The molecule has 3 nitrogen and oxygen atoms in total. The van der Waals surface area contributed by atoms with Crippen molar-refractivity contribution in [2.45, 2.75) is 0 Å².